The molecule has 1 N–H and O–H groups in total. The van der Waals surface area contributed by atoms with Crippen molar-refractivity contribution in [3.8, 4) is 0 Å². The minimum absolute atomic E-state index is 0.0396. The van der Waals surface area contributed by atoms with Gasteiger partial charge in [0.05, 0.1) is 17.5 Å². The molecule has 1 saturated heterocycles. The molecule has 26 heavy (non-hydrogen) atoms. The van der Waals surface area contributed by atoms with E-state index in [-0.39, 0.29) is 11.5 Å². The average molecular weight is 360 g/mol. The molecule has 1 amide bonds. The van der Waals surface area contributed by atoms with E-state index in [1.807, 2.05) is 29.7 Å². The van der Waals surface area contributed by atoms with Crippen molar-refractivity contribution in [1.29, 1.82) is 0 Å². The molecule has 2 aromatic rings. The van der Waals surface area contributed by atoms with Crippen LogP contribution in [0, 0.1) is 6.92 Å². The summed E-state index contributed by atoms with van der Waals surface area (Å²) < 4.78 is 3.23. The highest BCUT2D eigenvalue weighted by Gasteiger charge is 2.27. The van der Waals surface area contributed by atoms with Crippen molar-refractivity contribution >= 4 is 11.9 Å². The molecule has 1 fully saturated rings. The molecule has 0 aliphatic carbocycles. The van der Waals surface area contributed by atoms with Gasteiger partial charge in [-0.3, -0.25) is 19.1 Å². The van der Waals surface area contributed by atoms with Crippen LogP contribution < -0.4 is 0 Å². The zero-order valence-corrected chi connectivity index (χ0v) is 15.3. The van der Waals surface area contributed by atoms with Crippen molar-refractivity contribution in [2.24, 2.45) is 7.05 Å². The lowest BCUT2D eigenvalue weighted by atomic mass is 10.2. The Kier molecular flexibility index (Phi) is 5.08. The number of carbonyl (C=O) groups is 2. The average Bonchev–Trinajstić information content (AvgIpc) is 3.21. The predicted molar refractivity (Wildman–Crippen MR) is 93.7 cm³/mol. The van der Waals surface area contributed by atoms with Crippen LogP contribution in [0.3, 0.4) is 0 Å². The Labute approximate surface area is 151 Å². The fourth-order valence-electron chi connectivity index (χ4n) is 3.21. The number of carbonyl (C=O) groups excluding carboxylic acids is 1. The molecule has 2 aromatic heterocycles. The Bertz CT molecular complexity index is 803. The number of aromatic nitrogens is 4. The van der Waals surface area contributed by atoms with Crippen molar-refractivity contribution < 1.29 is 14.7 Å². The van der Waals surface area contributed by atoms with Crippen molar-refractivity contribution in [3.63, 3.8) is 0 Å². The molecule has 3 heterocycles. The minimum atomic E-state index is -1.05. The van der Waals surface area contributed by atoms with Crippen molar-refractivity contribution in [2.75, 3.05) is 26.2 Å². The Balaban J connectivity index is 1.55. The number of carboxylic acid groups (broad SMARTS) is 1. The van der Waals surface area contributed by atoms with E-state index >= 15 is 0 Å². The van der Waals surface area contributed by atoms with Gasteiger partial charge in [-0.05, 0) is 13.8 Å². The third kappa shape index (κ3) is 3.77. The Morgan fingerprint density at radius 2 is 1.92 bits per heavy atom. The van der Waals surface area contributed by atoms with Gasteiger partial charge in [-0.15, -0.1) is 0 Å². The molecule has 9 nitrogen and oxygen atoms in total. The van der Waals surface area contributed by atoms with E-state index in [0.29, 0.717) is 13.1 Å². The first-order valence-electron chi connectivity index (χ1n) is 8.63. The summed E-state index contributed by atoms with van der Waals surface area (Å²) in [5.74, 6) is -1.09. The molecule has 0 saturated carbocycles. The normalized spacial score (nSPS) is 16.7. The lowest BCUT2D eigenvalue weighted by Gasteiger charge is -2.35. The van der Waals surface area contributed by atoms with Crippen molar-refractivity contribution in [3.05, 3.63) is 35.4 Å². The van der Waals surface area contributed by atoms with Crippen LogP contribution in [0.25, 0.3) is 0 Å². The standard InChI is InChI=1S/C17H24N6O3/c1-12-15(9-20(3)19-12)10-21-4-6-22(7-5-21)16(24)13(2)23-11-14(8-18-23)17(25)26/h8-9,11,13H,4-7,10H2,1-3H3,(H,25,26). The third-order valence-corrected chi connectivity index (χ3v) is 4.80. The van der Waals surface area contributed by atoms with Gasteiger partial charge in [-0.1, -0.05) is 0 Å². The van der Waals surface area contributed by atoms with Crippen LogP contribution in [0.5, 0.6) is 0 Å². The van der Waals surface area contributed by atoms with Gasteiger partial charge < -0.3 is 10.0 Å². The second-order valence-electron chi connectivity index (χ2n) is 6.70. The first-order valence-corrected chi connectivity index (χ1v) is 8.63. The number of rotatable bonds is 5. The summed E-state index contributed by atoms with van der Waals surface area (Å²) in [6.07, 6.45) is 4.69. The van der Waals surface area contributed by atoms with Crippen LogP contribution in [-0.4, -0.2) is 72.5 Å². The highest BCUT2D eigenvalue weighted by molar-refractivity contribution is 5.87. The zero-order valence-electron chi connectivity index (χ0n) is 15.3. The smallest absolute Gasteiger partial charge is 0.338 e. The van der Waals surface area contributed by atoms with Crippen LogP contribution in [0.4, 0.5) is 0 Å². The lowest BCUT2D eigenvalue weighted by molar-refractivity contribution is -0.136. The van der Waals surface area contributed by atoms with Crippen LogP contribution in [0.1, 0.15) is 34.6 Å². The molecule has 3 rings (SSSR count). The molecule has 1 unspecified atom stereocenters. The highest BCUT2D eigenvalue weighted by Crippen LogP contribution is 2.15. The van der Waals surface area contributed by atoms with E-state index in [0.717, 1.165) is 25.3 Å². The Hall–Kier alpha value is -2.68. The summed E-state index contributed by atoms with van der Waals surface area (Å²) in [5, 5.41) is 17.3. The SMILES string of the molecule is Cc1nn(C)cc1CN1CCN(C(=O)C(C)n2cc(C(=O)O)cn2)CC1. The molecular weight excluding hydrogens is 336 g/mol. The number of piperazine rings is 1. The van der Waals surface area contributed by atoms with Gasteiger partial charge in [0.25, 0.3) is 0 Å². The molecule has 0 radical (unpaired) electrons. The first-order chi connectivity index (χ1) is 12.3. The molecule has 9 heteroatoms. The summed E-state index contributed by atoms with van der Waals surface area (Å²) in [7, 11) is 1.92. The summed E-state index contributed by atoms with van der Waals surface area (Å²) in [5.41, 5.74) is 2.33. The van der Waals surface area contributed by atoms with Gasteiger partial charge in [-0.25, -0.2) is 4.79 Å². The number of amides is 1. The molecule has 1 aliphatic heterocycles. The second kappa shape index (κ2) is 7.28. The quantitative estimate of drug-likeness (QED) is 0.835. The fraction of sp³-hybridized carbons (Fsp3) is 0.529. The number of hydrogen-bond donors (Lipinski definition) is 1. The summed E-state index contributed by atoms with van der Waals surface area (Å²) in [4.78, 5) is 27.8. The van der Waals surface area contributed by atoms with E-state index in [9.17, 15) is 9.59 Å². The number of carboxylic acids is 1. The van der Waals surface area contributed by atoms with Crippen LogP contribution >= 0.6 is 0 Å². The Morgan fingerprint density at radius 1 is 1.23 bits per heavy atom. The van der Waals surface area contributed by atoms with Gasteiger partial charge in [0.2, 0.25) is 5.91 Å². The van der Waals surface area contributed by atoms with Gasteiger partial charge in [0.15, 0.2) is 0 Å². The monoisotopic (exact) mass is 360 g/mol. The summed E-state index contributed by atoms with van der Waals surface area (Å²) in [6, 6.07) is -0.518. The predicted octanol–water partition coefficient (Wildman–Crippen LogP) is 0.529. The molecule has 0 spiro atoms. The zero-order chi connectivity index (χ0) is 18.8. The maximum Gasteiger partial charge on any atom is 0.338 e. The Morgan fingerprint density at radius 3 is 2.46 bits per heavy atom. The van der Waals surface area contributed by atoms with E-state index in [1.54, 1.807) is 6.92 Å². The van der Waals surface area contributed by atoms with Gasteiger partial charge >= 0.3 is 5.97 Å². The molecule has 1 atom stereocenters. The fourth-order valence-corrected chi connectivity index (χ4v) is 3.21. The van der Waals surface area contributed by atoms with Crippen molar-refractivity contribution in [2.45, 2.75) is 26.4 Å². The molecular formula is C17H24N6O3. The number of nitrogens with zero attached hydrogens (tertiary/aromatic N) is 6. The maximum absolute atomic E-state index is 12.7. The lowest BCUT2D eigenvalue weighted by Crippen LogP contribution is -2.50. The van der Waals surface area contributed by atoms with E-state index < -0.39 is 12.0 Å². The molecule has 0 aromatic carbocycles. The van der Waals surface area contributed by atoms with E-state index in [2.05, 4.69) is 15.1 Å². The summed E-state index contributed by atoms with van der Waals surface area (Å²) in [6.45, 7) is 7.47. The molecule has 140 valence electrons. The highest BCUT2D eigenvalue weighted by atomic mass is 16.4. The van der Waals surface area contributed by atoms with Gasteiger partial charge in [0.1, 0.15) is 6.04 Å². The van der Waals surface area contributed by atoms with Gasteiger partial charge in [0, 0.05) is 57.7 Å². The van der Waals surface area contributed by atoms with Crippen LogP contribution in [-0.2, 0) is 18.4 Å². The molecule has 1 aliphatic rings. The maximum atomic E-state index is 12.7. The largest absolute Gasteiger partial charge is 0.478 e. The van der Waals surface area contributed by atoms with Crippen LogP contribution in [0.2, 0.25) is 0 Å². The van der Waals surface area contributed by atoms with Crippen LogP contribution in [0.15, 0.2) is 18.6 Å². The van der Waals surface area contributed by atoms with Crippen molar-refractivity contribution in [1.82, 2.24) is 29.4 Å². The second-order valence-corrected chi connectivity index (χ2v) is 6.70. The summed E-state index contributed by atoms with van der Waals surface area (Å²) >= 11 is 0. The number of aryl methyl sites for hydroxylation is 2. The number of hydrogen-bond acceptors (Lipinski definition) is 5. The number of aromatic carboxylic acids is 1. The first kappa shape index (κ1) is 18.1. The third-order valence-electron chi connectivity index (χ3n) is 4.80. The topological polar surface area (TPSA) is 96.5 Å². The van der Waals surface area contributed by atoms with Gasteiger partial charge in [-0.2, -0.15) is 10.2 Å². The van der Waals surface area contributed by atoms with E-state index in [1.165, 1.54) is 22.6 Å². The molecule has 0 bridgehead atoms. The minimum Gasteiger partial charge on any atom is -0.478 e. The van der Waals surface area contributed by atoms with E-state index in [4.69, 9.17) is 5.11 Å².